The molecule has 11 heteroatoms. The maximum atomic E-state index is 13.9. The van der Waals surface area contributed by atoms with Crippen LogP contribution in [0.25, 0.3) is 0 Å². The van der Waals surface area contributed by atoms with Crippen LogP contribution in [0, 0.1) is 27.7 Å². The number of aromatic nitrogens is 1. The average Bonchev–Trinajstić information content (AvgIpc) is 3.49. The first kappa shape index (κ1) is 23.7. The quantitative estimate of drug-likeness (QED) is 0.510. The Hall–Kier alpha value is -2.40. The van der Waals surface area contributed by atoms with Crippen molar-refractivity contribution in [2.75, 3.05) is 22.7 Å². The van der Waals surface area contributed by atoms with Crippen molar-refractivity contribution in [3.8, 4) is 0 Å². The van der Waals surface area contributed by atoms with Crippen LogP contribution in [0.5, 0.6) is 0 Å². The van der Waals surface area contributed by atoms with Crippen LogP contribution in [0.4, 0.5) is 11.6 Å². The van der Waals surface area contributed by atoms with Crippen molar-refractivity contribution >= 4 is 50.4 Å². The third kappa shape index (κ3) is 4.52. The number of carbonyl (C=O) groups is 1. The molecule has 1 atom stereocenters. The minimum Gasteiger partial charge on any atom is -0.336 e. The van der Waals surface area contributed by atoms with Crippen molar-refractivity contribution in [2.45, 2.75) is 45.1 Å². The van der Waals surface area contributed by atoms with Crippen molar-refractivity contribution in [2.24, 2.45) is 0 Å². The number of nitrogens with one attached hydrogen (secondary N) is 2. The summed E-state index contributed by atoms with van der Waals surface area (Å²) in [6.07, 6.45) is 0.775. The Kier molecular flexibility index (Phi) is 6.54. The van der Waals surface area contributed by atoms with Gasteiger partial charge in [-0.05, 0) is 63.2 Å². The van der Waals surface area contributed by atoms with Gasteiger partial charge in [-0.2, -0.15) is 0 Å². The third-order valence-corrected chi connectivity index (χ3v) is 8.48. The summed E-state index contributed by atoms with van der Waals surface area (Å²) in [7, 11) is -4.14. The summed E-state index contributed by atoms with van der Waals surface area (Å²) in [5.41, 5.74) is 4.22. The second-order valence-electron chi connectivity index (χ2n) is 8.20. The molecule has 1 aromatic carbocycles. The van der Waals surface area contributed by atoms with Crippen LogP contribution in [0.2, 0.25) is 5.02 Å². The molecule has 1 unspecified atom stereocenters. The first-order valence-electron chi connectivity index (χ1n) is 10.4. The lowest BCUT2D eigenvalue weighted by atomic mass is 10.0. The summed E-state index contributed by atoms with van der Waals surface area (Å²) >= 11 is 7.17. The molecule has 4 rings (SSSR count). The highest BCUT2D eigenvalue weighted by Crippen LogP contribution is 2.35. The van der Waals surface area contributed by atoms with E-state index in [9.17, 15) is 13.2 Å². The number of carbonyl (C=O) groups excluding carboxylic acids is 1. The lowest BCUT2D eigenvalue weighted by Crippen LogP contribution is -2.43. The lowest BCUT2D eigenvalue weighted by Gasteiger charge is -2.31. The molecule has 176 valence electrons. The van der Waals surface area contributed by atoms with Crippen LogP contribution < -0.4 is 14.9 Å². The number of rotatable bonds is 6. The minimum absolute atomic E-state index is 0.0752. The maximum Gasteiger partial charge on any atom is 0.270 e. The second-order valence-corrected chi connectivity index (χ2v) is 11.1. The van der Waals surface area contributed by atoms with Crippen LogP contribution in [-0.2, 0) is 10.0 Å². The van der Waals surface area contributed by atoms with Gasteiger partial charge < -0.3 is 14.7 Å². The molecule has 0 radical (unpaired) electrons. The summed E-state index contributed by atoms with van der Waals surface area (Å²) in [5.74, 6) is -0.533. The molecular weight excluding hydrogens is 484 g/mol. The summed E-state index contributed by atoms with van der Waals surface area (Å²) in [4.78, 5) is 15.7. The molecule has 2 aromatic heterocycles. The van der Waals surface area contributed by atoms with Gasteiger partial charge >= 0.3 is 0 Å². The fourth-order valence-corrected chi connectivity index (χ4v) is 6.76. The number of halogens is 1. The molecule has 1 saturated heterocycles. The zero-order valence-electron chi connectivity index (χ0n) is 18.7. The van der Waals surface area contributed by atoms with Crippen molar-refractivity contribution < 1.29 is 17.7 Å². The van der Waals surface area contributed by atoms with Gasteiger partial charge in [-0.25, -0.2) is 13.1 Å². The molecule has 0 spiro atoms. The summed E-state index contributed by atoms with van der Waals surface area (Å²) in [6, 6.07) is 5.39. The number of hydrogen-bond donors (Lipinski definition) is 2. The van der Waals surface area contributed by atoms with E-state index in [0.29, 0.717) is 12.2 Å². The van der Waals surface area contributed by atoms with Gasteiger partial charge in [0.25, 0.3) is 21.8 Å². The van der Waals surface area contributed by atoms with E-state index >= 15 is 0 Å². The van der Waals surface area contributed by atoms with E-state index in [1.807, 2.05) is 32.9 Å². The average molecular weight is 509 g/mol. The van der Waals surface area contributed by atoms with E-state index in [2.05, 4.69) is 15.2 Å². The largest absolute Gasteiger partial charge is 0.336 e. The first-order chi connectivity index (χ1) is 15.6. The lowest BCUT2D eigenvalue weighted by molar-refractivity contribution is 0.0979. The Bertz CT molecular complexity index is 1290. The summed E-state index contributed by atoms with van der Waals surface area (Å²) in [5, 5.41) is 8.64. The van der Waals surface area contributed by atoms with Crippen LogP contribution in [-0.4, -0.2) is 38.6 Å². The van der Waals surface area contributed by atoms with Gasteiger partial charge in [0.2, 0.25) is 0 Å². The third-order valence-electron chi connectivity index (χ3n) is 5.63. The van der Waals surface area contributed by atoms with Crippen molar-refractivity contribution in [1.29, 1.82) is 0 Å². The molecular formula is C22H25ClN4O4S2. The second kappa shape index (κ2) is 9.09. The number of aryl methyl sites for hydroxylation is 4. The molecule has 0 aliphatic carbocycles. The number of benzene rings is 1. The first-order valence-corrected chi connectivity index (χ1v) is 13.2. The molecule has 3 heterocycles. The summed E-state index contributed by atoms with van der Waals surface area (Å²) < 4.78 is 33.7. The highest BCUT2D eigenvalue weighted by Gasteiger charge is 2.35. The van der Waals surface area contributed by atoms with E-state index < -0.39 is 10.0 Å². The molecule has 2 N–H and O–H groups in total. The standard InChI is InChI=1S/C22H25ClN4O4S2/c1-12-9-13(2)19(14(3)10-12)27(16-5-7-24-11-16)22(28)20-17(6-8-32-20)33(29,30)26-21-18(23)15(4)25-31-21/h6,8-10,16,24,26H,5,7,11H2,1-4H3. The molecule has 0 bridgehead atoms. The van der Waals surface area contributed by atoms with Gasteiger partial charge in [0.15, 0.2) is 0 Å². The molecule has 3 aromatic rings. The normalized spacial score (nSPS) is 16.2. The molecule has 1 amide bonds. The van der Waals surface area contributed by atoms with Crippen molar-refractivity contribution in [3.63, 3.8) is 0 Å². The molecule has 8 nitrogen and oxygen atoms in total. The minimum atomic E-state index is -4.14. The van der Waals surface area contributed by atoms with Crippen LogP contribution in [0.3, 0.4) is 0 Å². The van der Waals surface area contributed by atoms with Gasteiger partial charge in [-0.1, -0.05) is 34.5 Å². The van der Waals surface area contributed by atoms with Crippen LogP contribution >= 0.6 is 22.9 Å². The zero-order chi connectivity index (χ0) is 23.9. The van der Waals surface area contributed by atoms with Gasteiger partial charge in [0, 0.05) is 6.54 Å². The SMILES string of the molecule is Cc1cc(C)c(N(C(=O)c2sccc2S(=O)(=O)Nc2onc(C)c2Cl)C2CCNC2)c(C)c1. The van der Waals surface area contributed by atoms with Gasteiger partial charge in [-0.3, -0.25) is 4.79 Å². The number of sulfonamides is 1. The highest BCUT2D eigenvalue weighted by molar-refractivity contribution is 7.93. The number of thiophene rings is 1. The molecule has 0 saturated carbocycles. The smallest absolute Gasteiger partial charge is 0.270 e. The number of amides is 1. The van der Waals surface area contributed by atoms with Crippen molar-refractivity contribution in [3.05, 3.63) is 55.9 Å². The van der Waals surface area contributed by atoms with Gasteiger partial charge in [-0.15, -0.1) is 11.3 Å². The molecule has 1 aliphatic heterocycles. The van der Waals surface area contributed by atoms with Crippen molar-refractivity contribution in [1.82, 2.24) is 10.5 Å². The van der Waals surface area contributed by atoms with E-state index in [-0.39, 0.29) is 32.6 Å². The van der Waals surface area contributed by atoms with Gasteiger partial charge in [0.05, 0.1) is 11.7 Å². The Morgan fingerprint density at radius 2 is 1.97 bits per heavy atom. The van der Waals surface area contributed by atoms with E-state index in [0.717, 1.165) is 46.7 Å². The zero-order valence-corrected chi connectivity index (χ0v) is 21.1. The molecule has 1 fully saturated rings. The number of nitrogens with zero attached hydrogens (tertiary/aromatic N) is 2. The van der Waals surface area contributed by atoms with Crippen LogP contribution in [0.15, 0.2) is 33.0 Å². The fraction of sp³-hybridized carbons (Fsp3) is 0.364. The van der Waals surface area contributed by atoms with E-state index in [1.54, 1.807) is 17.2 Å². The predicted molar refractivity (Wildman–Crippen MR) is 130 cm³/mol. The Morgan fingerprint density at radius 1 is 1.27 bits per heavy atom. The molecule has 33 heavy (non-hydrogen) atoms. The number of hydrogen-bond acceptors (Lipinski definition) is 7. The number of anilines is 2. The fourth-order valence-electron chi connectivity index (χ4n) is 4.24. The van der Waals surface area contributed by atoms with E-state index in [1.165, 1.54) is 6.07 Å². The summed E-state index contributed by atoms with van der Waals surface area (Å²) in [6.45, 7) is 8.98. The monoisotopic (exact) mass is 508 g/mol. The Morgan fingerprint density at radius 3 is 2.55 bits per heavy atom. The molecule has 1 aliphatic rings. The Labute approximate surface area is 202 Å². The van der Waals surface area contributed by atoms with E-state index in [4.69, 9.17) is 16.1 Å². The topological polar surface area (TPSA) is 105 Å². The van der Waals surface area contributed by atoms with Gasteiger partial charge in [0.1, 0.15) is 20.5 Å². The maximum absolute atomic E-state index is 13.9. The predicted octanol–water partition coefficient (Wildman–Crippen LogP) is 4.43. The Balaban J connectivity index is 1.76. The van der Waals surface area contributed by atoms with Crippen LogP contribution in [0.1, 0.15) is 38.5 Å². The highest BCUT2D eigenvalue weighted by atomic mass is 35.5.